The van der Waals surface area contributed by atoms with Gasteiger partial charge in [0.25, 0.3) is 0 Å². The fourth-order valence-corrected chi connectivity index (χ4v) is 0.905. The van der Waals surface area contributed by atoms with Gasteiger partial charge in [-0.25, -0.2) is 4.99 Å². The quantitative estimate of drug-likeness (QED) is 0.428. The van der Waals surface area contributed by atoms with E-state index in [0.29, 0.717) is 0 Å². The first-order chi connectivity index (χ1) is 3.39. The van der Waals surface area contributed by atoms with Gasteiger partial charge >= 0.3 is 0 Å². The molecule has 1 aliphatic heterocycles. The Hall–Kier alpha value is -0.330. The molecule has 0 radical (unpaired) electrons. The van der Waals surface area contributed by atoms with E-state index in [1.807, 2.05) is 0 Å². The smallest absolute Gasteiger partial charge is 0.147 e. The van der Waals surface area contributed by atoms with E-state index in [-0.39, 0.29) is 0 Å². The van der Waals surface area contributed by atoms with Crippen LogP contribution < -0.4 is 4.99 Å². The van der Waals surface area contributed by atoms with Crippen molar-refractivity contribution in [1.29, 1.82) is 0 Å². The van der Waals surface area contributed by atoms with Crippen molar-refractivity contribution in [1.82, 2.24) is 0 Å². The molecule has 0 fully saturated rings. The predicted octanol–water partition coefficient (Wildman–Crippen LogP) is -0.288. The summed E-state index contributed by atoms with van der Waals surface area (Å²) in [6.45, 7) is 3.37. The molecule has 1 nitrogen and oxygen atoms in total. The Morgan fingerprint density at radius 3 is 2.57 bits per heavy atom. The minimum Gasteiger partial charge on any atom is -0.249 e. The van der Waals surface area contributed by atoms with Crippen molar-refractivity contribution in [2.24, 2.45) is 0 Å². The van der Waals surface area contributed by atoms with Gasteiger partial charge in [-0.2, -0.15) is 0 Å². The molecule has 1 aliphatic rings. The third-order valence-electron chi connectivity index (χ3n) is 1.41. The van der Waals surface area contributed by atoms with Crippen molar-refractivity contribution in [3.63, 3.8) is 0 Å². The Morgan fingerprint density at radius 2 is 2.29 bits per heavy atom. The lowest BCUT2D eigenvalue weighted by Crippen LogP contribution is -2.73. The van der Waals surface area contributed by atoms with Gasteiger partial charge in [0.1, 0.15) is 12.3 Å². The topological polar surface area (TPSA) is 14.0 Å². The predicted molar refractivity (Wildman–Crippen MR) is 30.4 cm³/mol. The molecule has 40 valence electrons. The van der Waals surface area contributed by atoms with E-state index < -0.39 is 0 Å². The molecule has 0 aromatic rings. The molecule has 0 amide bonds. The first kappa shape index (κ1) is 4.82. The second-order valence-electron chi connectivity index (χ2n) is 2.16. The summed E-state index contributed by atoms with van der Waals surface area (Å²) in [5.41, 5.74) is 1.46. The highest BCUT2D eigenvalue weighted by Crippen LogP contribution is 1.94. The molecule has 0 atom stereocenters. The third-order valence-corrected chi connectivity index (χ3v) is 1.41. The zero-order valence-corrected chi connectivity index (χ0v) is 4.83. The summed E-state index contributed by atoms with van der Waals surface area (Å²) in [6, 6.07) is 0. The maximum absolute atomic E-state index is 3.30. The largest absolute Gasteiger partial charge is 0.249 e. The standard InChI is InChI=1S/C6H11N/c1-6-4-2-3-5-7-6/h2-5H2,1H3/p+1. The fraction of sp³-hybridized carbons (Fsp3) is 0.833. The van der Waals surface area contributed by atoms with Crippen LogP contribution in [0.15, 0.2) is 0 Å². The van der Waals surface area contributed by atoms with Crippen LogP contribution >= 0.6 is 0 Å². The monoisotopic (exact) mass is 98.1 g/mol. The Bertz CT molecular complexity index is 84.2. The van der Waals surface area contributed by atoms with Crippen molar-refractivity contribution >= 4 is 5.71 Å². The normalized spacial score (nSPS) is 21.6. The minimum atomic E-state index is 1.20. The lowest BCUT2D eigenvalue weighted by atomic mass is 10.1. The van der Waals surface area contributed by atoms with E-state index in [2.05, 4.69) is 11.9 Å². The van der Waals surface area contributed by atoms with Gasteiger partial charge in [-0.15, -0.1) is 0 Å². The van der Waals surface area contributed by atoms with Gasteiger partial charge in [-0.3, -0.25) is 0 Å². The molecule has 0 aromatic heterocycles. The van der Waals surface area contributed by atoms with Crippen molar-refractivity contribution in [2.75, 3.05) is 6.54 Å². The van der Waals surface area contributed by atoms with E-state index in [0.717, 1.165) is 0 Å². The first-order valence-corrected chi connectivity index (χ1v) is 2.96. The molecule has 0 aliphatic carbocycles. The number of rotatable bonds is 0. The third kappa shape index (κ3) is 1.30. The van der Waals surface area contributed by atoms with E-state index in [9.17, 15) is 0 Å². The molecule has 0 spiro atoms. The Morgan fingerprint density at radius 1 is 1.43 bits per heavy atom. The van der Waals surface area contributed by atoms with Crippen LogP contribution in [-0.2, 0) is 0 Å². The Kier molecular flexibility index (Phi) is 1.45. The van der Waals surface area contributed by atoms with Crippen LogP contribution in [0, 0.1) is 0 Å². The average molecular weight is 98.2 g/mol. The first-order valence-electron chi connectivity index (χ1n) is 2.96. The maximum atomic E-state index is 3.30. The van der Waals surface area contributed by atoms with Crippen LogP contribution in [0.1, 0.15) is 26.2 Å². The molecule has 0 unspecified atom stereocenters. The number of hydrogen-bond acceptors (Lipinski definition) is 0. The Balaban J connectivity index is 2.40. The van der Waals surface area contributed by atoms with Crippen LogP contribution in [0.5, 0.6) is 0 Å². The highest BCUT2D eigenvalue weighted by atomic mass is 14.7. The maximum Gasteiger partial charge on any atom is 0.147 e. The van der Waals surface area contributed by atoms with Crippen molar-refractivity contribution < 1.29 is 4.99 Å². The van der Waals surface area contributed by atoms with Crippen LogP contribution in [0.4, 0.5) is 0 Å². The highest BCUT2D eigenvalue weighted by Gasteiger charge is 2.03. The van der Waals surface area contributed by atoms with E-state index in [4.69, 9.17) is 0 Å². The SMILES string of the molecule is CC1=[NH+]CCCC1. The molecular weight excluding hydrogens is 86.1 g/mol. The second-order valence-corrected chi connectivity index (χ2v) is 2.16. The highest BCUT2D eigenvalue weighted by molar-refractivity contribution is 5.76. The summed E-state index contributed by atoms with van der Waals surface area (Å²) in [5, 5.41) is 0. The lowest BCUT2D eigenvalue weighted by Gasteiger charge is -1.98. The summed E-state index contributed by atoms with van der Waals surface area (Å²) >= 11 is 0. The van der Waals surface area contributed by atoms with E-state index in [1.165, 1.54) is 31.5 Å². The number of nitrogens with one attached hydrogen (secondary N) is 1. The molecule has 0 saturated carbocycles. The molecule has 1 rings (SSSR count). The molecule has 7 heavy (non-hydrogen) atoms. The average Bonchev–Trinajstić information content (AvgIpc) is 1.69. The number of hydrogen-bond donors (Lipinski definition) is 1. The van der Waals surface area contributed by atoms with Gasteiger partial charge in [-0.05, 0) is 6.42 Å². The molecular formula is C6H12N+. The van der Waals surface area contributed by atoms with E-state index in [1.54, 1.807) is 0 Å². The van der Waals surface area contributed by atoms with Crippen molar-refractivity contribution in [2.45, 2.75) is 26.2 Å². The zero-order chi connectivity index (χ0) is 5.11. The van der Waals surface area contributed by atoms with Gasteiger partial charge in [0.2, 0.25) is 0 Å². The fourth-order valence-electron chi connectivity index (χ4n) is 0.905. The van der Waals surface area contributed by atoms with Crippen LogP contribution in [0.3, 0.4) is 0 Å². The van der Waals surface area contributed by atoms with Gasteiger partial charge in [0.05, 0.1) is 0 Å². The zero-order valence-electron chi connectivity index (χ0n) is 4.83. The molecule has 0 saturated heterocycles. The lowest BCUT2D eigenvalue weighted by molar-refractivity contribution is -0.464. The minimum absolute atomic E-state index is 1.20. The van der Waals surface area contributed by atoms with Crippen molar-refractivity contribution in [3.8, 4) is 0 Å². The summed E-state index contributed by atoms with van der Waals surface area (Å²) in [5.74, 6) is 0. The summed E-state index contributed by atoms with van der Waals surface area (Å²) in [7, 11) is 0. The van der Waals surface area contributed by atoms with Crippen molar-refractivity contribution in [3.05, 3.63) is 0 Å². The van der Waals surface area contributed by atoms with Gasteiger partial charge in [-0.1, -0.05) is 0 Å². The summed E-state index contributed by atoms with van der Waals surface area (Å²) < 4.78 is 0. The molecule has 1 N–H and O–H groups in total. The Labute approximate surface area is 44.5 Å². The van der Waals surface area contributed by atoms with Crippen LogP contribution in [-0.4, -0.2) is 12.3 Å². The van der Waals surface area contributed by atoms with E-state index >= 15 is 0 Å². The van der Waals surface area contributed by atoms with Gasteiger partial charge in [0.15, 0.2) is 0 Å². The second kappa shape index (κ2) is 2.10. The van der Waals surface area contributed by atoms with Crippen LogP contribution in [0.2, 0.25) is 0 Å². The van der Waals surface area contributed by atoms with Crippen LogP contribution in [0.25, 0.3) is 0 Å². The molecule has 0 aromatic carbocycles. The molecule has 1 heterocycles. The molecule has 1 heteroatoms. The summed E-state index contributed by atoms with van der Waals surface area (Å²) in [6.07, 6.45) is 4.04. The van der Waals surface area contributed by atoms with Gasteiger partial charge < -0.3 is 0 Å². The summed E-state index contributed by atoms with van der Waals surface area (Å²) in [4.78, 5) is 3.30. The molecule has 0 bridgehead atoms. The van der Waals surface area contributed by atoms with Gasteiger partial charge in [0, 0.05) is 19.8 Å².